The highest BCUT2D eigenvalue weighted by atomic mass is 28.4. The Morgan fingerprint density at radius 3 is 2.20 bits per heavy atom. The molecule has 0 rings (SSSR count). The molecule has 0 fully saturated rings. The van der Waals surface area contributed by atoms with Gasteiger partial charge in [0.15, 0.2) is 8.32 Å². The second-order valence-corrected chi connectivity index (χ2v) is 10.0. The summed E-state index contributed by atoms with van der Waals surface area (Å²) in [6.07, 6.45) is -2.28. The maximum Gasteiger partial charge on any atom is 0.250 e. The van der Waals surface area contributed by atoms with Gasteiger partial charge in [0.1, 0.15) is 0 Å². The van der Waals surface area contributed by atoms with E-state index in [-0.39, 0.29) is 11.6 Å². The zero-order valence-corrected chi connectivity index (χ0v) is 11.4. The fourth-order valence-corrected chi connectivity index (χ4v) is 1.85. The Balaban J connectivity index is 3.68. The van der Waals surface area contributed by atoms with Crippen LogP contribution in [0.25, 0.3) is 0 Å². The largest absolute Gasteiger partial charge is 0.416 e. The standard InChI is InChI=1S/C10H23F2NOSi/c1-10(2,3)15(4,5)14-7-6-13-8-9(11)12/h9,13H,6-8H2,1-5H3. The molecule has 0 amide bonds. The third-order valence-corrected chi connectivity index (χ3v) is 7.38. The molecule has 0 saturated carbocycles. The lowest BCUT2D eigenvalue weighted by molar-refractivity contribution is 0.143. The Morgan fingerprint density at radius 1 is 1.27 bits per heavy atom. The van der Waals surface area contributed by atoms with E-state index in [2.05, 4.69) is 39.2 Å². The van der Waals surface area contributed by atoms with Gasteiger partial charge in [-0.25, -0.2) is 8.78 Å². The van der Waals surface area contributed by atoms with Gasteiger partial charge in [0.2, 0.25) is 0 Å². The molecule has 0 heterocycles. The van der Waals surface area contributed by atoms with Crippen molar-refractivity contribution in [1.82, 2.24) is 5.32 Å². The first-order chi connectivity index (χ1) is 6.67. The molecular formula is C10H23F2NOSi. The lowest BCUT2D eigenvalue weighted by Gasteiger charge is -2.36. The van der Waals surface area contributed by atoms with Crippen LogP contribution in [0.5, 0.6) is 0 Å². The highest BCUT2D eigenvalue weighted by Crippen LogP contribution is 2.36. The minimum absolute atomic E-state index is 0.176. The van der Waals surface area contributed by atoms with Crippen molar-refractivity contribution in [2.24, 2.45) is 0 Å². The molecule has 0 unspecified atom stereocenters. The van der Waals surface area contributed by atoms with Gasteiger partial charge in [0, 0.05) is 13.2 Å². The Morgan fingerprint density at radius 2 is 1.80 bits per heavy atom. The van der Waals surface area contributed by atoms with E-state index in [1.807, 2.05) is 0 Å². The van der Waals surface area contributed by atoms with Crippen molar-refractivity contribution >= 4 is 8.32 Å². The summed E-state index contributed by atoms with van der Waals surface area (Å²) in [5.74, 6) is 0. The fraction of sp³-hybridized carbons (Fsp3) is 1.00. The van der Waals surface area contributed by atoms with E-state index in [1.54, 1.807) is 0 Å². The van der Waals surface area contributed by atoms with E-state index in [0.717, 1.165) is 0 Å². The molecule has 0 aliphatic heterocycles. The average molecular weight is 239 g/mol. The Hall–Kier alpha value is -0.00312. The number of halogens is 2. The van der Waals surface area contributed by atoms with Crippen LogP contribution in [-0.4, -0.2) is 34.4 Å². The van der Waals surface area contributed by atoms with E-state index in [4.69, 9.17) is 4.43 Å². The molecule has 15 heavy (non-hydrogen) atoms. The van der Waals surface area contributed by atoms with E-state index in [0.29, 0.717) is 13.2 Å². The third kappa shape index (κ3) is 6.22. The van der Waals surface area contributed by atoms with Gasteiger partial charge in [0.25, 0.3) is 6.43 Å². The first kappa shape index (κ1) is 15.0. The quantitative estimate of drug-likeness (QED) is 0.568. The van der Waals surface area contributed by atoms with Crippen LogP contribution in [0.15, 0.2) is 0 Å². The molecule has 0 aromatic heterocycles. The van der Waals surface area contributed by atoms with Gasteiger partial charge < -0.3 is 9.74 Å². The molecule has 0 bridgehead atoms. The number of hydrogen-bond acceptors (Lipinski definition) is 2. The molecule has 0 aromatic rings. The minimum atomic E-state index is -2.28. The van der Waals surface area contributed by atoms with Crippen molar-refractivity contribution in [3.8, 4) is 0 Å². The maximum absolute atomic E-state index is 11.8. The Bertz CT molecular complexity index is 181. The first-order valence-corrected chi connectivity index (χ1v) is 8.20. The predicted octanol–water partition coefficient (Wildman–Crippen LogP) is 2.86. The summed E-state index contributed by atoms with van der Waals surface area (Å²) < 4.78 is 29.4. The monoisotopic (exact) mass is 239 g/mol. The summed E-state index contributed by atoms with van der Waals surface area (Å²) in [5, 5.41) is 2.83. The van der Waals surface area contributed by atoms with Crippen molar-refractivity contribution in [1.29, 1.82) is 0 Å². The number of alkyl halides is 2. The van der Waals surface area contributed by atoms with E-state index < -0.39 is 14.7 Å². The molecule has 2 nitrogen and oxygen atoms in total. The van der Waals surface area contributed by atoms with Crippen LogP contribution in [0, 0.1) is 0 Å². The van der Waals surface area contributed by atoms with E-state index >= 15 is 0 Å². The molecule has 0 aliphatic carbocycles. The van der Waals surface area contributed by atoms with Crippen LogP contribution in [0.3, 0.4) is 0 Å². The van der Waals surface area contributed by atoms with Crippen LogP contribution >= 0.6 is 0 Å². The zero-order chi connectivity index (χ0) is 12.1. The molecule has 0 aliphatic rings. The second kappa shape index (κ2) is 5.91. The first-order valence-electron chi connectivity index (χ1n) is 5.29. The Kier molecular flexibility index (Phi) is 5.91. The highest BCUT2D eigenvalue weighted by Gasteiger charge is 2.36. The van der Waals surface area contributed by atoms with Gasteiger partial charge >= 0.3 is 0 Å². The summed E-state index contributed by atoms with van der Waals surface area (Å²) in [6.45, 7) is 11.5. The molecule has 1 N–H and O–H groups in total. The predicted molar refractivity (Wildman–Crippen MR) is 62.0 cm³/mol. The number of rotatable bonds is 6. The van der Waals surface area contributed by atoms with Gasteiger partial charge in [0.05, 0.1) is 6.54 Å². The molecule has 0 saturated heterocycles. The van der Waals surface area contributed by atoms with Crippen LogP contribution < -0.4 is 5.32 Å². The van der Waals surface area contributed by atoms with Crippen LogP contribution in [0.4, 0.5) is 8.78 Å². The van der Waals surface area contributed by atoms with Gasteiger partial charge in [-0.1, -0.05) is 20.8 Å². The van der Waals surface area contributed by atoms with Crippen LogP contribution in [0.2, 0.25) is 18.1 Å². The zero-order valence-electron chi connectivity index (χ0n) is 10.4. The molecular weight excluding hydrogens is 216 g/mol. The summed E-state index contributed by atoms with van der Waals surface area (Å²) >= 11 is 0. The molecule has 5 heteroatoms. The summed E-state index contributed by atoms with van der Waals surface area (Å²) in [7, 11) is -1.71. The lowest BCUT2D eigenvalue weighted by Crippen LogP contribution is -2.42. The van der Waals surface area contributed by atoms with Gasteiger partial charge in [-0.15, -0.1) is 0 Å². The van der Waals surface area contributed by atoms with Gasteiger partial charge in [-0.2, -0.15) is 0 Å². The summed E-state index contributed by atoms with van der Waals surface area (Å²) in [6, 6.07) is 0. The van der Waals surface area contributed by atoms with Crippen molar-refractivity contribution in [3.05, 3.63) is 0 Å². The minimum Gasteiger partial charge on any atom is -0.416 e. The smallest absolute Gasteiger partial charge is 0.250 e. The van der Waals surface area contributed by atoms with Crippen molar-refractivity contribution in [3.63, 3.8) is 0 Å². The van der Waals surface area contributed by atoms with Gasteiger partial charge in [-0.3, -0.25) is 0 Å². The van der Waals surface area contributed by atoms with Crippen molar-refractivity contribution in [2.75, 3.05) is 19.7 Å². The molecule has 0 aromatic carbocycles. The summed E-state index contributed by atoms with van der Waals surface area (Å²) in [5.41, 5.74) is 0. The normalized spacial score (nSPS) is 13.6. The highest BCUT2D eigenvalue weighted by molar-refractivity contribution is 6.74. The van der Waals surface area contributed by atoms with Crippen LogP contribution in [0.1, 0.15) is 20.8 Å². The second-order valence-electron chi connectivity index (χ2n) is 5.20. The average Bonchev–Trinajstić information content (AvgIpc) is 2.00. The van der Waals surface area contributed by atoms with Crippen LogP contribution in [-0.2, 0) is 4.43 Å². The van der Waals surface area contributed by atoms with Gasteiger partial charge in [-0.05, 0) is 18.1 Å². The van der Waals surface area contributed by atoms with Crippen molar-refractivity contribution < 1.29 is 13.2 Å². The number of nitrogens with one attached hydrogen (secondary N) is 1. The topological polar surface area (TPSA) is 21.3 Å². The molecule has 0 atom stereocenters. The molecule has 92 valence electrons. The summed E-state index contributed by atoms with van der Waals surface area (Å²) in [4.78, 5) is 0. The fourth-order valence-electron chi connectivity index (χ4n) is 0.806. The molecule has 0 spiro atoms. The third-order valence-electron chi connectivity index (χ3n) is 2.85. The molecule has 0 radical (unpaired) electrons. The lowest BCUT2D eigenvalue weighted by atomic mass is 10.2. The number of hydrogen-bond donors (Lipinski definition) is 1. The van der Waals surface area contributed by atoms with E-state index in [9.17, 15) is 8.78 Å². The van der Waals surface area contributed by atoms with E-state index in [1.165, 1.54) is 0 Å². The Labute approximate surface area is 92.5 Å². The SMILES string of the molecule is CC(C)(C)[Si](C)(C)OCCNCC(F)F. The maximum atomic E-state index is 11.8. The van der Waals surface area contributed by atoms with Crippen molar-refractivity contribution in [2.45, 2.75) is 45.3 Å².